The second-order valence-corrected chi connectivity index (χ2v) is 6.94. The highest BCUT2D eigenvalue weighted by atomic mass is 32.2. The molecule has 0 unspecified atom stereocenters. The van der Waals surface area contributed by atoms with E-state index in [9.17, 15) is 17.6 Å². The molecule has 1 aliphatic carbocycles. The van der Waals surface area contributed by atoms with Crippen LogP contribution >= 0.6 is 0 Å². The van der Waals surface area contributed by atoms with E-state index in [1.54, 1.807) is 0 Å². The molecule has 1 aromatic carbocycles. The summed E-state index contributed by atoms with van der Waals surface area (Å²) in [4.78, 5) is 10.3. The van der Waals surface area contributed by atoms with Crippen molar-refractivity contribution in [1.29, 1.82) is 0 Å². The number of carboxylic acids is 1. The Kier molecular flexibility index (Phi) is 4.95. The van der Waals surface area contributed by atoms with Gasteiger partial charge in [-0.25, -0.2) is 22.3 Å². The van der Waals surface area contributed by atoms with Crippen LogP contribution in [-0.2, 0) is 10.0 Å². The number of nitrogens with one attached hydrogen (secondary N) is 1. The third-order valence-corrected chi connectivity index (χ3v) is 5.18. The van der Waals surface area contributed by atoms with Crippen molar-refractivity contribution in [2.75, 3.05) is 0 Å². The molecule has 0 heterocycles. The van der Waals surface area contributed by atoms with Crippen molar-refractivity contribution in [1.82, 2.24) is 4.72 Å². The van der Waals surface area contributed by atoms with Crippen LogP contribution in [0.25, 0.3) is 0 Å². The molecule has 2 N–H and O–H groups in total. The lowest BCUT2D eigenvalue weighted by Crippen LogP contribution is -2.35. The monoisotopic (exact) mass is 315 g/mol. The van der Waals surface area contributed by atoms with Crippen LogP contribution in [0.2, 0.25) is 0 Å². The predicted molar refractivity (Wildman–Crippen MR) is 75.2 cm³/mol. The van der Waals surface area contributed by atoms with Gasteiger partial charge < -0.3 is 5.11 Å². The maximum atomic E-state index is 13.8. The number of halogens is 1. The highest BCUT2D eigenvalue weighted by Gasteiger charge is 2.25. The van der Waals surface area contributed by atoms with Gasteiger partial charge in [0.25, 0.3) is 0 Å². The molecule has 0 saturated heterocycles. The number of carboxylic acid groups (broad SMARTS) is 1. The van der Waals surface area contributed by atoms with Gasteiger partial charge in [0.1, 0.15) is 10.7 Å². The normalized spacial score (nSPS) is 17.4. The van der Waals surface area contributed by atoms with Crippen LogP contribution in [0.3, 0.4) is 0 Å². The number of carbonyl (C=O) groups is 1. The zero-order valence-electron chi connectivity index (χ0n) is 11.5. The fourth-order valence-corrected chi connectivity index (χ4v) is 3.93. The van der Waals surface area contributed by atoms with Crippen molar-refractivity contribution in [2.45, 2.75) is 49.5 Å². The summed E-state index contributed by atoms with van der Waals surface area (Å²) in [5.41, 5.74) is -0.252. The van der Waals surface area contributed by atoms with Crippen molar-refractivity contribution in [2.24, 2.45) is 0 Å². The van der Waals surface area contributed by atoms with Crippen LogP contribution < -0.4 is 4.72 Å². The van der Waals surface area contributed by atoms with Crippen LogP contribution in [0.5, 0.6) is 0 Å². The topological polar surface area (TPSA) is 83.5 Å². The molecule has 7 heteroatoms. The SMILES string of the molecule is O=C(O)c1ccc(F)c(S(=O)(=O)NC2CCCCCC2)c1. The van der Waals surface area contributed by atoms with Gasteiger partial charge in [-0.05, 0) is 31.0 Å². The third kappa shape index (κ3) is 4.01. The number of hydrogen-bond donors (Lipinski definition) is 2. The molecular formula is C14H18FNO4S. The highest BCUT2D eigenvalue weighted by Crippen LogP contribution is 2.21. The Bertz CT molecular complexity index is 622. The lowest BCUT2D eigenvalue weighted by molar-refractivity contribution is 0.0696. The summed E-state index contributed by atoms with van der Waals surface area (Å²) in [7, 11) is -4.05. The second kappa shape index (κ2) is 6.53. The fraction of sp³-hybridized carbons (Fsp3) is 0.500. The molecule has 0 radical (unpaired) electrons. The van der Waals surface area contributed by atoms with Gasteiger partial charge in [0.15, 0.2) is 0 Å². The molecule has 0 spiro atoms. The van der Waals surface area contributed by atoms with Gasteiger partial charge in [0.2, 0.25) is 10.0 Å². The Morgan fingerprint density at radius 2 is 1.81 bits per heavy atom. The molecule has 5 nitrogen and oxygen atoms in total. The Balaban J connectivity index is 2.26. The minimum Gasteiger partial charge on any atom is -0.478 e. The van der Waals surface area contributed by atoms with Gasteiger partial charge in [-0.3, -0.25) is 0 Å². The van der Waals surface area contributed by atoms with Crippen LogP contribution in [0.4, 0.5) is 4.39 Å². The Morgan fingerprint density at radius 3 is 2.38 bits per heavy atom. The summed E-state index contributed by atoms with van der Waals surface area (Å²) in [6, 6.07) is 2.55. The summed E-state index contributed by atoms with van der Waals surface area (Å²) in [6.07, 6.45) is 5.46. The van der Waals surface area contributed by atoms with Gasteiger partial charge in [-0.2, -0.15) is 0 Å². The van der Waals surface area contributed by atoms with E-state index in [1.165, 1.54) is 0 Å². The van der Waals surface area contributed by atoms with Gasteiger partial charge >= 0.3 is 5.97 Å². The largest absolute Gasteiger partial charge is 0.478 e. The van der Waals surface area contributed by atoms with E-state index in [2.05, 4.69) is 4.72 Å². The first-order valence-electron chi connectivity index (χ1n) is 6.95. The van der Waals surface area contributed by atoms with E-state index >= 15 is 0 Å². The van der Waals surface area contributed by atoms with Crippen LogP contribution in [0.15, 0.2) is 23.1 Å². The number of aromatic carboxylic acids is 1. The standard InChI is InChI=1S/C14H18FNO4S/c15-12-8-7-10(14(17)18)9-13(12)21(19,20)16-11-5-3-1-2-4-6-11/h7-9,11,16H,1-6H2,(H,17,18). The van der Waals surface area contributed by atoms with Crippen LogP contribution in [0.1, 0.15) is 48.9 Å². The Morgan fingerprint density at radius 1 is 1.19 bits per heavy atom. The van der Waals surface area contributed by atoms with E-state index < -0.39 is 26.7 Å². The van der Waals surface area contributed by atoms with E-state index in [1.807, 2.05) is 0 Å². The molecule has 2 rings (SSSR count). The zero-order valence-corrected chi connectivity index (χ0v) is 12.3. The molecule has 1 fully saturated rings. The molecule has 116 valence electrons. The predicted octanol–water partition coefficient (Wildman–Crippen LogP) is 2.53. The molecule has 0 aliphatic heterocycles. The van der Waals surface area contributed by atoms with Crippen LogP contribution in [-0.4, -0.2) is 25.5 Å². The highest BCUT2D eigenvalue weighted by molar-refractivity contribution is 7.89. The van der Waals surface area contributed by atoms with Gasteiger partial charge in [-0.15, -0.1) is 0 Å². The van der Waals surface area contributed by atoms with Gasteiger partial charge in [-0.1, -0.05) is 25.7 Å². The zero-order chi connectivity index (χ0) is 15.5. The molecule has 0 aromatic heterocycles. The maximum Gasteiger partial charge on any atom is 0.335 e. The molecule has 0 bridgehead atoms. The number of sulfonamides is 1. The number of hydrogen-bond acceptors (Lipinski definition) is 3. The van der Waals surface area contributed by atoms with E-state index in [-0.39, 0.29) is 11.6 Å². The number of benzene rings is 1. The quantitative estimate of drug-likeness (QED) is 0.836. The van der Waals surface area contributed by atoms with E-state index in [0.717, 1.165) is 56.7 Å². The van der Waals surface area contributed by atoms with Gasteiger partial charge in [0.05, 0.1) is 5.56 Å². The molecule has 0 amide bonds. The minimum absolute atomic E-state index is 0.217. The number of rotatable bonds is 4. The lowest BCUT2D eigenvalue weighted by atomic mass is 10.1. The van der Waals surface area contributed by atoms with Crippen molar-refractivity contribution in [3.63, 3.8) is 0 Å². The van der Waals surface area contributed by atoms with Crippen molar-refractivity contribution in [3.05, 3.63) is 29.6 Å². The fourth-order valence-electron chi connectivity index (χ4n) is 2.52. The molecule has 1 saturated carbocycles. The first kappa shape index (κ1) is 15.9. The average Bonchev–Trinajstić information content (AvgIpc) is 2.66. The van der Waals surface area contributed by atoms with E-state index in [4.69, 9.17) is 5.11 Å². The lowest BCUT2D eigenvalue weighted by Gasteiger charge is -2.16. The minimum atomic E-state index is -4.05. The first-order valence-corrected chi connectivity index (χ1v) is 8.43. The van der Waals surface area contributed by atoms with Crippen molar-refractivity contribution < 1.29 is 22.7 Å². The molecular weight excluding hydrogens is 297 g/mol. The maximum absolute atomic E-state index is 13.8. The van der Waals surface area contributed by atoms with E-state index in [0.29, 0.717) is 0 Å². The Labute approximate surface area is 123 Å². The molecule has 0 atom stereocenters. The van der Waals surface area contributed by atoms with Gasteiger partial charge in [0, 0.05) is 6.04 Å². The Hall–Kier alpha value is -1.47. The smallest absolute Gasteiger partial charge is 0.335 e. The summed E-state index contributed by atoms with van der Waals surface area (Å²) in [5, 5.41) is 8.89. The average molecular weight is 315 g/mol. The summed E-state index contributed by atoms with van der Waals surface area (Å²) >= 11 is 0. The molecule has 1 aliphatic rings. The molecule has 21 heavy (non-hydrogen) atoms. The second-order valence-electron chi connectivity index (χ2n) is 5.26. The third-order valence-electron chi connectivity index (χ3n) is 3.64. The summed E-state index contributed by atoms with van der Waals surface area (Å²) in [5.74, 6) is -2.23. The van der Waals surface area contributed by atoms with Crippen molar-refractivity contribution in [3.8, 4) is 0 Å². The molecule has 1 aromatic rings. The first-order chi connectivity index (χ1) is 9.90. The summed E-state index contributed by atoms with van der Waals surface area (Å²) < 4.78 is 40.8. The van der Waals surface area contributed by atoms with Crippen LogP contribution in [0, 0.1) is 5.82 Å². The summed E-state index contributed by atoms with van der Waals surface area (Å²) in [6.45, 7) is 0. The van der Waals surface area contributed by atoms with Crippen molar-refractivity contribution >= 4 is 16.0 Å².